The van der Waals surface area contributed by atoms with Crippen LogP contribution < -0.4 is 4.74 Å². The van der Waals surface area contributed by atoms with E-state index in [0.717, 1.165) is 46.1 Å². The Morgan fingerprint density at radius 3 is 2.88 bits per heavy atom. The van der Waals surface area contributed by atoms with Crippen molar-refractivity contribution in [3.63, 3.8) is 0 Å². The van der Waals surface area contributed by atoms with Gasteiger partial charge in [-0.1, -0.05) is 32.0 Å². The highest BCUT2D eigenvalue weighted by Crippen LogP contribution is 2.23. The van der Waals surface area contributed by atoms with Crippen LogP contribution in [0.25, 0.3) is 22.7 Å². The summed E-state index contributed by atoms with van der Waals surface area (Å²) in [4.78, 5) is 8.01. The molecule has 2 N–H and O–H groups in total. The zero-order valence-corrected chi connectivity index (χ0v) is 15.2. The number of rotatable bonds is 6. The molecule has 0 unspecified atom stereocenters. The van der Waals surface area contributed by atoms with Gasteiger partial charge < -0.3 is 9.72 Å². The lowest BCUT2D eigenvalue weighted by Crippen LogP contribution is -2.03. The number of imidazole rings is 1. The minimum atomic E-state index is 0.577. The number of benzene rings is 1. The van der Waals surface area contributed by atoms with E-state index in [2.05, 4.69) is 40.2 Å². The predicted molar refractivity (Wildman–Crippen MR) is 100 cm³/mol. The highest BCUT2D eigenvalue weighted by atomic mass is 16.5. The van der Waals surface area contributed by atoms with Crippen molar-refractivity contribution in [3.05, 3.63) is 47.8 Å². The number of nitrogens with zero attached hydrogens (tertiary/aromatic N) is 4. The first-order valence-corrected chi connectivity index (χ1v) is 8.72. The molecule has 4 rings (SSSR count). The molecule has 134 valence electrons. The standard InChI is InChI=1S/C19H22N6O/c1-12(2)8-14-9-15(24-23-14)18-21-16-10-20-25(19(16)22-18)11-13-6-4-5-7-17(13)26-3/h4-7,9-10,12H,8,11H2,1-3H3,(H,21,22)(H,23,24). The molecule has 0 aliphatic heterocycles. The lowest BCUT2D eigenvalue weighted by molar-refractivity contribution is 0.407. The monoisotopic (exact) mass is 350 g/mol. The van der Waals surface area contributed by atoms with E-state index in [-0.39, 0.29) is 0 Å². The van der Waals surface area contributed by atoms with Gasteiger partial charge in [0.25, 0.3) is 0 Å². The zero-order chi connectivity index (χ0) is 18.1. The highest BCUT2D eigenvalue weighted by Gasteiger charge is 2.14. The lowest BCUT2D eigenvalue weighted by Gasteiger charge is -2.08. The molecule has 4 aromatic rings. The Bertz CT molecular complexity index is 1030. The third kappa shape index (κ3) is 3.08. The van der Waals surface area contributed by atoms with Crippen LogP contribution in [0.4, 0.5) is 0 Å². The number of ether oxygens (including phenoxy) is 1. The van der Waals surface area contributed by atoms with Crippen LogP contribution in [0.5, 0.6) is 5.75 Å². The van der Waals surface area contributed by atoms with Crippen LogP contribution in [0.2, 0.25) is 0 Å². The molecule has 7 heteroatoms. The summed E-state index contributed by atoms with van der Waals surface area (Å²) >= 11 is 0. The van der Waals surface area contributed by atoms with Gasteiger partial charge in [0, 0.05) is 11.3 Å². The molecule has 1 aromatic carbocycles. The van der Waals surface area contributed by atoms with Gasteiger partial charge in [0.2, 0.25) is 0 Å². The van der Waals surface area contributed by atoms with Crippen molar-refractivity contribution in [1.82, 2.24) is 29.9 Å². The van der Waals surface area contributed by atoms with Gasteiger partial charge in [0.15, 0.2) is 11.5 Å². The average Bonchev–Trinajstić information content (AvgIpc) is 3.32. The summed E-state index contributed by atoms with van der Waals surface area (Å²) in [6, 6.07) is 9.99. The van der Waals surface area contributed by atoms with Gasteiger partial charge >= 0.3 is 0 Å². The fraction of sp³-hybridized carbons (Fsp3) is 0.316. The molecule has 0 fully saturated rings. The van der Waals surface area contributed by atoms with Gasteiger partial charge in [-0.15, -0.1) is 0 Å². The van der Waals surface area contributed by atoms with Crippen LogP contribution in [0.3, 0.4) is 0 Å². The van der Waals surface area contributed by atoms with Gasteiger partial charge in [-0.25, -0.2) is 9.67 Å². The first kappa shape index (κ1) is 16.4. The van der Waals surface area contributed by atoms with Gasteiger partial charge in [-0.05, 0) is 24.5 Å². The van der Waals surface area contributed by atoms with Crippen molar-refractivity contribution in [2.45, 2.75) is 26.8 Å². The number of hydrogen-bond acceptors (Lipinski definition) is 4. The number of hydrogen-bond donors (Lipinski definition) is 2. The molecule has 7 nitrogen and oxygen atoms in total. The van der Waals surface area contributed by atoms with Crippen LogP contribution in [-0.2, 0) is 13.0 Å². The molecule has 26 heavy (non-hydrogen) atoms. The van der Waals surface area contributed by atoms with E-state index < -0.39 is 0 Å². The molecule has 3 heterocycles. The molecule has 0 saturated carbocycles. The molecule has 0 spiro atoms. The molecule has 0 saturated heterocycles. The van der Waals surface area contributed by atoms with E-state index in [1.54, 1.807) is 13.3 Å². The second-order valence-electron chi connectivity index (χ2n) is 6.81. The Morgan fingerprint density at radius 2 is 2.08 bits per heavy atom. The fourth-order valence-corrected chi connectivity index (χ4v) is 3.11. The van der Waals surface area contributed by atoms with Crippen molar-refractivity contribution in [2.24, 2.45) is 5.92 Å². The summed E-state index contributed by atoms with van der Waals surface area (Å²) in [5.74, 6) is 2.17. The van der Waals surface area contributed by atoms with E-state index in [1.807, 2.05) is 28.9 Å². The second kappa shape index (κ2) is 6.67. The number of fused-ring (bicyclic) bond motifs is 1. The number of aromatic amines is 2. The molecule has 0 aliphatic rings. The smallest absolute Gasteiger partial charge is 0.177 e. The summed E-state index contributed by atoms with van der Waals surface area (Å²) in [7, 11) is 1.68. The van der Waals surface area contributed by atoms with Gasteiger partial charge in [0.1, 0.15) is 17.0 Å². The summed E-state index contributed by atoms with van der Waals surface area (Å²) < 4.78 is 7.30. The SMILES string of the molecule is COc1ccccc1Cn1ncc2[nH]c(-c3cc(CC(C)C)[nH]n3)nc21. The Kier molecular flexibility index (Phi) is 4.20. The van der Waals surface area contributed by atoms with Crippen LogP contribution >= 0.6 is 0 Å². The van der Waals surface area contributed by atoms with Crippen LogP contribution in [0, 0.1) is 5.92 Å². The Morgan fingerprint density at radius 1 is 1.23 bits per heavy atom. The maximum atomic E-state index is 5.43. The minimum Gasteiger partial charge on any atom is -0.496 e. The highest BCUT2D eigenvalue weighted by molar-refractivity contribution is 5.75. The molecule has 3 aromatic heterocycles. The summed E-state index contributed by atoms with van der Waals surface area (Å²) in [6.07, 6.45) is 2.76. The zero-order valence-electron chi connectivity index (χ0n) is 15.2. The van der Waals surface area contributed by atoms with Crippen LogP contribution in [0.1, 0.15) is 25.1 Å². The van der Waals surface area contributed by atoms with Crippen molar-refractivity contribution >= 4 is 11.2 Å². The second-order valence-corrected chi connectivity index (χ2v) is 6.81. The fourth-order valence-electron chi connectivity index (χ4n) is 3.11. The number of nitrogens with one attached hydrogen (secondary N) is 2. The molecule has 0 amide bonds. The predicted octanol–water partition coefficient (Wildman–Crippen LogP) is 3.40. The Balaban J connectivity index is 1.64. The van der Waals surface area contributed by atoms with Crippen LogP contribution in [0.15, 0.2) is 36.5 Å². The van der Waals surface area contributed by atoms with Crippen LogP contribution in [-0.4, -0.2) is 37.1 Å². The topological polar surface area (TPSA) is 84.4 Å². The first-order valence-electron chi connectivity index (χ1n) is 8.72. The Labute approximate surface area is 151 Å². The van der Waals surface area contributed by atoms with Crippen molar-refractivity contribution < 1.29 is 4.74 Å². The van der Waals surface area contributed by atoms with Crippen molar-refractivity contribution in [2.75, 3.05) is 7.11 Å². The number of H-pyrrole nitrogens is 2. The maximum absolute atomic E-state index is 5.43. The largest absolute Gasteiger partial charge is 0.496 e. The van der Waals surface area contributed by atoms with E-state index in [9.17, 15) is 0 Å². The van der Waals surface area contributed by atoms with E-state index >= 15 is 0 Å². The molecular formula is C19H22N6O. The number of methoxy groups -OCH3 is 1. The molecular weight excluding hydrogens is 328 g/mol. The van der Waals surface area contributed by atoms with E-state index in [0.29, 0.717) is 12.5 Å². The minimum absolute atomic E-state index is 0.577. The van der Waals surface area contributed by atoms with Crippen molar-refractivity contribution in [3.8, 4) is 17.3 Å². The quantitative estimate of drug-likeness (QED) is 0.558. The van der Waals surface area contributed by atoms with Crippen molar-refractivity contribution in [1.29, 1.82) is 0 Å². The molecule has 0 atom stereocenters. The average molecular weight is 350 g/mol. The van der Waals surface area contributed by atoms with Gasteiger partial charge in [-0.2, -0.15) is 10.2 Å². The van der Waals surface area contributed by atoms with Gasteiger partial charge in [-0.3, -0.25) is 5.10 Å². The number of aromatic nitrogens is 6. The van der Waals surface area contributed by atoms with E-state index in [1.165, 1.54) is 0 Å². The normalized spacial score (nSPS) is 11.5. The Hall–Kier alpha value is -3.09. The molecule has 0 aliphatic carbocycles. The molecule has 0 bridgehead atoms. The third-order valence-corrected chi connectivity index (χ3v) is 4.30. The number of para-hydroxylation sites is 1. The first-order chi connectivity index (χ1) is 12.6. The van der Waals surface area contributed by atoms with Gasteiger partial charge in [0.05, 0.1) is 19.9 Å². The lowest BCUT2D eigenvalue weighted by atomic mass is 10.1. The summed E-state index contributed by atoms with van der Waals surface area (Å²) in [5.41, 5.74) is 4.69. The summed E-state index contributed by atoms with van der Waals surface area (Å²) in [6.45, 7) is 4.97. The summed E-state index contributed by atoms with van der Waals surface area (Å²) in [5, 5.41) is 11.9. The third-order valence-electron chi connectivity index (χ3n) is 4.30. The maximum Gasteiger partial charge on any atom is 0.177 e. The van der Waals surface area contributed by atoms with E-state index in [4.69, 9.17) is 9.72 Å². The molecule has 0 radical (unpaired) electrons.